The van der Waals surface area contributed by atoms with Crippen LogP contribution in [-0.4, -0.2) is 35.2 Å². The quantitative estimate of drug-likeness (QED) is 0.560. The van der Waals surface area contributed by atoms with Crippen molar-refractivity contribution in [2.45, 2.75) is 38.3 Å². The van der Waals surface area contributed by atoms with Crippen LogP contribution in [0, 0.1) is 5.92 Å². The second-order valence-electron chi connectivity index (χ2n) is 4.05. The van der Waals surface area contributed by atoms with Crippen LogP contribution >= 0.6 is 0 Å². The van der Waals surface area contributed by atoms with E-state index in [2.05, 4.69) is 11.8 Å². The van der Waals surface area contributed by atoms with Gasteiger partial charge in [0.2, 0.25) is 0 Å². The lowest BCUT2D eigenvalue weighted by Gasteiger charge is -2.44. The Morgan fingerprint density at radius 1 is 1.45 bits per heavy atom. The van der Waals surface area contributed by atoms with Crippen LogP contribution in [0.3, 0.4) is 0 Å². The molecule has 64 valence electrons. The van der Waals surface area contributed by atoms with Gasteiger partial charge in [-0.25, -0.2) is 0 Å². The van der Waals surface area contributed by atoms with E-state index < -0.39 is 0 Å². The van der Waals surface area contributed by atoms with Gasteiger partial charge in [-0.05, 0) is 38.6 Å². The Labute approximate surface area is 68.2 Å². The summed E-state index contributed by atoms with van der Waals surface area (Å²) in [6.07, 6.45) is 3.50. The van der Waals surface area contributed by atoms with Crippen LogP contribution in [-0.2, 0) is 0 Å². The van der Waals surface area contributed by atoms with Gasteiger partial charge in [-0.3, -0.25) is 0 Å². The summed E-state index contributed by atoms with van der Waals surface area (Å²) in [5.74, 6) is 0.583. The van der Waals surface area contributed by atoms with Gasteiger partial charge in [-0.15, -0.1) is 0 Å². The van der Waals surface area contributed by atoms with Gasteiger partial charge in [0, 0.05) is 12.6 Å². The molecule has 2 aliphatic rings. The van der Waals surface area contributed by atoms with Gasteiger partial charge in [-0.1, -0.05) is 0 Å². The molecule has 1 N–H and O–H groups in total. The predicted molar refractivity (Wildman–Crippen MR) is 44.4 cm³/mol. The van der Waals surface area contributed by atoms with E-state index in [0.29, 0.717) is 12.0 Å². The molecule has 2 rings (SSSR count). The molecule has 0 aliphatic carbocycles. The summed E-state index contributed by atoms with van der Waals surface area (Å²) in [6, 6.07) is 0.613. The Bertz CT molecular complexity index is 134. The SMILES string of the molecule is CC1C[C@H](O)[C@@H]2CCCN1C2. The van der Waals surface area contributed by atoms with Gasteiger partial charge >= 0.3 is 0 Å². The van der Waals surface area contributed by atoms with Crippen molar-refractivity contribution in [1.29, 1.82) is 0 Å². The van der Waals surface area contributed by atoms with E-state index in [1.165, 1.54) is 19.4 Å². The van der Waals surface area contributed by atoms with Gasteiger partial charge in [0.25, 0.3) is 0 Å². The predicted octanol–water partition coefficient (Wildman–Crippen LogP) is 0.851. The van der Waals surface area contributed by atoms with E-state index in [1.807, 2.05) is 0 Å². The summed E-state index contributed by atoms with van der Waals surface area (Å²) < 4.78 is 0. The molecule has 0 aromatic rings. The highest BCUT2D eigenvalue weighted by molar-refractivity contribution is 4.88. The van der Waals surface area contributed by atoms with Crippen LogP contribution in [0.5, 0.6) is 0 Å². The first-order valence-corrected chi connectivity index (χ1v) is 4.69. The second-order valence-corrected chi connectivity index (χ2v) is 4.05. The molecule has 2 saturated heterocycles. The van der Waals surface area contributed by atoms with Crippen molar-refractivity contribution in [2.24, 2.45) is 5.92 Å². The van der Waals surface area contributed by atoms with Crippen LogP contribution in [0.4, 0.5) is 0 Å². The lowest BCUT2D eigenvalue weighted by atomic mass is 9.84. The maximum absolute atomic E-state index is 9.66. The van der Waals surface area contributed by atoms with E-state index in [1.54, 1.807) is 0 Å². The maximum Gasteiger partial charge on any atom is 0.0595 e. The maximum atomic E-state index is 9.66. The minimum Gasteiger partial charge on any atom is -0.393 e. The molecule has 2 aliphatic heterocycles. The largest absolute Gasteiger partial charge is 0.393 e. The van der Waals surface area contributed by atoms with Crippen LogP contribution in [0.2, 0.25) is 0 Å². The highest BCUT2D eigenvalue weighted by Crippen LogP contribution is 2.29. The Morgan fingerprint density at radius 3 is 3.09 bits per heavy atom. The van der Waals surface area contributed by atoms with E-state index in [4.69, 9.17) is 0 Å². The number of piperidine rings is 2. The van der Waals surface area contributed by atoms with Crippen molar-refractivity contribution in [1.82, 2.24) is 4.90 Å². The molecule has 2 bridgehead atoms. The molecule has 0 spiro atoms. The monoisotopic (exact) mass is 155 g/mol. The molecule has 2 heterocycles. The zero-order chi connectivity index (χ0) is 7.84. The van der Waals surface area contributed by atoms with E-state index in [9.17, 15) is 5.11 Å². The molecule has 4 atom stereocenters. The van der Waals surface area contributed by atoms with Crippen molar-refractivity contribution >= 4 is 0 Å². The fraction of sp³-hybridized carbons (Fsp3) is 1.00. The van der Waals surface area contributed by atoms with E-state index in [-0.39, 0.29) is 6.10 Å². The molecule has 2 fully saturated rings. The first-order chi connectivity index (χ1) is 5.27. The number of rotatable bonds is 0. The first-order valence-electron chi connectivity index (χ1n) is 4.69. The third-order valence-corrected chi connectivity index (χ3v) is 3.24. The second kappa shape index (κ2) is 2.76. The van der Waals surface area contributed by atoms with Crippen LogP contribution in [0.25, 0.3) is 0 Å². The summed E-state index contributed by atoms with van der Waals surface area (Å²) >= 11 is 0. The van der Waals surface area contributed by atoms with Crippen molar-refractivity contribution in [2.75, 3.05) is 13.1 Å². The fourth-order valence-electron chi connectivity index (χ4n) is 2.45. The van der Waals surface area contributed by atoms with E-state index >= 15 is 0 Å². The topological polar surface area (TPSA) is 23.5 Å². The number of hydrogen-bond donors (Lipinski definition) is 1. The van der Waals surface area contributed by atoms with Crippen LogP contribution in [0.1, 0.15) is 26.2 Å². The van der Waals surface area contributed by atoms with Gasteiger partial charge in [0.15, 0.2) is 0 Å². The zero-order valence-corrected chi connectivity index (χ0v) is 7.16. The minimum absolute atomic E-state index is 0.0125. The first kappa shape index (κ1) is 7.56. The minimum atomic E-state index is -0.0125. The van der Waals surface area contributed by atoms with Crippen molar-refractivity contribution in [3.05, 3.63) is 0 Å². The van der Waals surface area contributed by atoms with Crippen molar-refractivity contribution in [3.8, 4) is 0 Å². The normalized spacial score (nSPS) is 50.7. The Kier molecular flexibility index (Phi) is 1.90. The van der Waals surface area contributed by atoms with Gasteiger partial charge < -0.3 is 10.0 Å². The molecule has 0 aromatic carbocycles. The lowest BCUT2D eigenvalue weighted by Crippen LogP contribution is -2.51. The van der Waals surface area contributed by atoms with Crippen LogP contribution in [0.15, 0.2) is 0 Å². The summed E-state index contributed by atoms with van der Waals surface area (Å²) in [4.78, 5) is 2.51. The highest BCUT2D eigenvalue weighted by Gasteiger charge is 2.34. The third kappa shape index (κ3) is 1.30. The number of nitrogens with zero attached hydrogens (tertiary/aromatic N) is 1. The fourth-order valence-corrected chi connectivity index (χ4v) is 2.45. The average molecular weight is 155 g/mol. The van der Waals surface area contributed by atoms with Gasteiger partial charge in [-0.2, -0.15) is 0 Å². The number of hydrogen-bond acceptors (Lipinski definition) is 2. The summed E-state index contributed by atoms with van der Waals surface area (Å²) in [5, 5.41) is 9.66. The molecule has 2 heteroatoms. The Morgan fingerprint density at radius 2 is 2.27 bits per heavy atom. The molecular formula is C9H17NO. The summed E-state index contributed by atoms with van der Waals surface area (Å²) in [6.45, 7) is 4.62. The molecule has 0 radical (unpaired) electrons. The number of fused-ring (bicyclic) bond motifs is 2. The molecule has 0 saturated carbocycles. The lowest BCUT2D eigenvalue weighted by molar-refractivity contribution is -0.0275. The van der Waals surface area contributed by atoms with Crippen LogP contribution < -0.4 is 0 Å². The average Bonchev–Trinajstić information content (AvgIpc) is 2.02. The molecule has 2 unspecified atom stereocenters. The third-order valence-electron chi connectivity index (χ3n) is 3.24. The molecule has 2 nitrogen and oxygen atoms in total. The van der Waals surface area contributed by atoms with Gasteiger partial charge in [0.05, 0.1) is 6.10 Å². The Hall–Kier alpha value is -0.0800. The Balaban J connectivity index is 2.05. The van der Waals surface area contributed by atoms with Crippen molar-refractivity contribution in [3.63, 3.8) is 0 Å². The van der Waals surface area contributed by atoms with Gasteiger partial charge in [0.1, 0.15) is 0 Å². The summed E-state index contributed by atoms with van der Waals surface area (Å²) in [7, 11) is 0. The molecule has 11 heavy (non-hydrogen) atoms. The smallest absolute Gasteiger partial charge is 0.0595 e. The number of aliphatic hydroxyl groups is 1. The van der Waals surface area contributed by atoms with E-state index in [0.717, 1.165) is 13.0 Å². The standard InChI is InChI=1S/C9H17NO/c1-7-5-9(11)8-3-2-4-10(7)6-8/h7-9,11H,2-6H2,1H3/t7?,8-,9+/m1/s1. The zero-order valence-electron chi connectivity index (χ0n) is 7.16. The molecular weight excluding hydrogens is 138 g/mol. The molecule has 0 aromatic heterocycles. The van der Waals surface area contributed by atoms with Crippen molar-refractivity contribution < 1.29 is 5.11 Å². The highest BCUT2D eigenvalue weighted by atomic mass is 16.3. The molecule has 0 amide bonds. The number of aliphatic hydroxyl groups excluding tert-OH is 1. The summed E-state index contributed by atoms with van der Waals surface area (Å²) in [5.41, 5.74) is 0.